The molecule has 13 heavy (non-hydrogen) atoms. The van der Waals surface area contributed by atoms with E-state index in [9.17, 15) is 0 Å². The Balaban J connectivity index is 3.56. The van der Waals surface area contributed by atoms with Crippen molar-refractivity contribution in [3.63, 3.8) is 0 Å². The van der Waals surface area contributed by atoms with Gasteiger partial charge in [-0.3, -0.25) is 0 Å². The van der Waals surface area contributed by atoms with Gasteiger partial charge in [-0.15, -0.1) is 0 Å². The number of hydrogen-bond donors (Lipinski definition) is 1. The fourth-order valence-corrected chi connectivity index (χ4v) is 0.525. The molecule has 0 fully saturated rings. The van der Waals surface area contributed by atoms with Gasteiger partial charge >= 0.3 is 85.1 Å². The third-order valence-corrected chi connectivity index (χ3v) is 1.02. The molecule has 2 nitrogen and oxygen atoms in total. The Morgan fingerprint density at radius 2 is 1.62 bits per heavy atom. The molecule has 0 aromatic heterocycles. The first-order chi connectivity index (χ1) is 6.27. The van der Waals surface area contributed by atoms with Gasteiger partial charge in [-0.25, -0.2) is 0 Å². The van der Waals surface area contributed by atoms with Gasteiger partial charge in [0.1, 0.15) is 0 Å². The standard InChI is InChI=1S/CH4B10O2/c1-11(12)13-10-9-8-7-6-5-4-3-2/h12H,1H3. The Labute approximate surface area is 85.5 Å². The molecule has 2 radical (unpaired) electrons. The van der Waals surface area contributed by atoms with Crippen molar-refractivity contribution in [2.75, 3.05) is 0 Å². The molecular weight excluding hydrogens is 152 g/mol. The molecule has 0 amide bonds. The summed E-state index contributed by atoms with van der Waals surface area (Å²) in [5, 5.41) is 8.69. The van der Waals surface area contributed by atoms with E-state index < -0.39 is 7.12 Å². The molecular formula is CH4B10O2. The zero-order valence-electron chi connectivity index (χ0n) is 7.63. The van der Waals surface area contributed by atoms with Crippen molar-refractivity contribution >= 4 is 68.7 Å². The van der Waals surface area contributed by atoms with Gasteiger partial charge in [0, 0.05) is 0 Å². The average molecular weight is 156 g/mol. The van der Waals surface area contributed by atoms with E-state index in [1.165, 1.54) is 13.7 Å². The second-order valence-electron chi connectivity index (χ2n) is 2.22. The van der Waals surface area contributed by atoms with Crippen molar-refractivity contribution in [3.8, 4) is 0 Å². The van der Waals surface area contributed by atoms with E-state index in [-0.39, 0.29) is 0 Å². The number of hydrogen-bond acceptors (Lipinski definition) is 2. The fourth-order valence-electron chi connectivity index (χ4n) is 0.525. The second kappa shape index (κ2) is 10.5. The van der Waals surface area contributed by atoms with Gasteiger partial charge in [-0.2, -0.15) is 0 Å². The van der Waals surface area contributed by atoms with E-state index in [4.69, 9.17) is 17.3 Å². The minimum atomic E-state index is -0.764. The van der Waals surface area contributed by atoms with Gasteiger partial charge in [-0.05, 0) is 0 Å². The predicted molar refractivity (Wildman–Crippen MR) is 66.7 cm³/mol. The monoisotopic (exact) mass is 158 g/mol. The van der Waals surface area contributed by atoms with E-state index in [1.54, 1.807) is 33.6 Å². The van der Waals surface area contributed by atoms with Crippen LogP contribution in [0.4, 0.5) is 0 Å². The molecule has 0 rings (SSSR count). The summed E-state index contributed by atoms with van der Waals surface area (Å²) in [6, 6.07) is 0. The molecule has 1 N–H and O–H groups in total. The van der Waals surface area contributed by atoms with Gasteiger partial charge in [0.25, 0.3) is 0 Å². The minimum absolute atomic E-state index is 0.764. The molecule has 0 bridgehead atoms. The number of rotatable bonds is 5. The summed E-state index contributed by atoms with van der Waals surface area (Å²) in [4.78, 5) is 0. The summed E-state index contributed by atoms with van der Waals surface area (Å²) < 4.78 is 4.74. The van der Waals surface area contributed by atoms with Crippen molar-refractivity contribution in [2.45, 2.75) is 6.82 Å². The molecule has 0 unspecified atom stereocenters. The van der Waals surface area contributed by atoms with Crippen LogP contribution in [0.2, 0.25) is 6.82 Å². The summed E-state index contributed by atoms with van der Waals surface area (Å²) in [6.07, 6.45) is 0. The summed E-state index contributed by atoms with van der Waals surface area (Å²) in [5.41, 5.74) is 0. The molecule has 0 aliphatic rings. The summed E-state index contributed by atoms with van der Waals surface area (Å²) in [5.74, 6) is 0. The molecule has 0 aromatic rings. The molecule has 0 aliphatic carbocycles. The van der Waals surface area contributed by atoms with Crippen LogP contribution in [0.1, 0.15) is 0 Å². The predicted octanol–water partition coefficient (Wildman–Crippen LogP) is -3.85. The first-order valence-electron chi connectivity index (χ1n) is 3.97. The van der Waals surface area contributed by atoms with Crippen LogP contribution in [0.15, 0.2) is 0 Å². The zero-order chi connectivity index (χ0) is 9.94. The third-order valence-electron chi connectivity index (χ3n) is 1.02. The van der Waals surface area contributed by atoms with Crippen LogP contribution in [-0.4, -0.2) is 73.7 Å². The van der Waals surface area contributed by atoms with Crippen LogP contribution in [0.3, 0.4) is 0 Å². The second-order valence-corrected chi connectivity index (χ2v) is 2.22. The van der Waals surface area contributed by atoms with Crippen molar-refractivity contribution in [1.82, 2.24) is 0 Å². The molecule has 0 spiro atoms. The van der Waals surface area contributed by atoms with Gasteiger partial charge in [-0.1, -0.05) is 0 Å². The quantitative estimate of drug-likeness (QED) is 0.413. The maximum absolute atomic E-state index is 8.69. The van der Waals surface area contributed by atoms with Crippen molar-refractivity contribution in [2.24, 2.45) is 0 Å². The average Bonchev–Trinajstić information content (AvgIpc) is 2.09. The van der Waals surface area contributed by atoms with E-state index in [0.29, 0.717) is 0 Å². The van der Waals surface area contributed by atoms with Crippen LogP contribution in [0, 0.1) is 0 Å². The molecule has 0 heterocycles. The Kier molecular flexibility index (Phi) is 10.8. The first-order valence-corrected chi connectivity index (χ1v) is 3.97. The normalized spacial score (nSPS) is 7.54. The molecule has 50 valence electrons. The molecule has 0 saturated carbocycles. The molecule has 0 aliphatic heterocycles. The Bertz CT molecular complexity index is 215. The Morgan fingerprint density at radius 3 is 2.15 bits per heavy atom. The first kappa shape index (κ1) is 13.4. The van der Waals surface area contributed by atoms with Crippen LogP contribution >= 0.6 is 0 Å². The summed E-state index contributed by atoms with van der Waals surface area (Å²) in [6.45, 7) is 13.6. The van der Waals surface area contributed by atoms with Crippen molar-refractivity contribution in [1.29, 1.82) is 0 Å². The van der Waals surface area contributed by atoms with Gasteiger partial charge in [0.15, 0.2) is 0 Å². The Hall–Kier alpha value is 0.409. The van der Waals surface area contributed by atoms with Gasteiger partial charge in [0.05, 0.1) is 0 Å². The van der Waals surface area contributed by atoms with E-state index in [2.05, 4.69) is 0 Å². The molecule has 0 aromatic carbocycles. The fraction of sp³-hybridized carbons (Fsp3) is 1.00. The van der Waals surface area contributed by atoms with Crippen LogP contribution < -0.4 is 0 Å². The third kappa shape index (κ3) is 12.4. The molecule has 12 heteroatoms. The summed E-state index contributed by atoms with van der Waals surface area (Å²) in [7, 11) is 5.77. The van der Waals surface area contributed by atoms with E-state index in [1.807, 2.05) is 13.4 Å². The van der Waals surface area contributed by atoms with Crippen LogP contribution in [-0.2, 0) is 4.57 Å². The Morgan fingerprint density at radius 1 is 1.08 bits per heavy atom. The van der Waals surface area contributed by atoms with Crippen molar-refractivity contribution < 1.29 is 9.60 Å². The zero-order valence-corrected chi connectivity index (χ0v) is 7.63. The maximum atomic E-state index is 8.69. The van der Waals surface area contributed by atoms with Crippen LogP contribution in [0.5, 0.6) is 0 Å². The topological polar surface area (TPSA) is 29.5 Å². The molecule has 0 saturated heterocycles. The van der Waals surface area contributed by atoms with Gasteiger partial charge in [0.2, 0.25) is 0 Å². The van der Waals surface area contributed by atoms with E-state index in [0.717, 1.165) is 0 Å². The van der Waals surface area contributed by atoms with E-state index >= 15 is 0 Å². The van der Waals surface area contributed by atoms with Crippen LogP contribution in [0.25, 0.3) is 0 Å². The van der Waals surface area contributed by atoms with Gasteiger partial charge < -0.3 is 0 Å². The SMILES string of the molecule is [B]B=BB=BB=BB=BOB(C)O. The molecule has 0 atom stereocenters. The summed E-state index contributed by atoms with van der Waals surface area (Å²) >= 11 is 0. The van der Waals surface area contributed by atoms with Crippen molar-refractivity contribution in [3.05, 3.63) is 0 Å².